The summed E-state index contributed by atoms with van der Waals surface area (Å²) in [6, 6.07) is 12.8. The smallest absolute Gasteiger partial charge is 0.191 e. The molecule has 2 unspecified atom stereocenters. The van der Waals surface area contributed by atoms with E-state index in [9.17, 15) is 0 Å². The van der Waals surface area contributed by atoms with E-state index in [1.165, 1.54) is 31.2 Å². The highest BCUT2D eigenvalue weighted by Gasteiger charge is 2.41. The summed E-state index contributed by atoms with van der Waals surface area (Å²) in [6.07, 6.45) is 9.54. The molecule has 0 saturated carbocycles. The predicted octanol–water partition coefficient (Wildman–Crippen LogP) is 3.88. The van der Waals surface area contributed by atoms with E-state index in [1.807, 2.05) is 18.8 Å². The van der Waals surface area contributed by atoms with Gasteiger partial charge >= 0.3 is 0 Å². The second-order valence-electron chi connectivity index (χ2n) is 8.78. The third kappa shape index (κ3) is 5.84. The topological polar surface area (TPSA) is 48.9 Å². The van der Waals surface area contributed by atoms with Gasteiger partial charge in [0.05, 0.1) is 0 Å². The number of thioether (sulfide) groups is 1. The van der Waals surface area contributed by atoms with E-state index >= 15 is 0 Å². The van der Waals surface area contributed by atoms with Gasteiger partial charge in [-0.1, -0.05) is 30.3 Å². The van der Waals surface area contributed by atoms with Crippen molar-refractivity contribution < 1.29 is 4.74 Å². The molecule has 2 bridgehead atoms. The third-order valence-corrected chi connectivity index (χ3v) is 8.49. The zero-order chi connectivity index (χ0) is 20.1. The Morgan fingerprint density at radius 3 is 2.43 bits per heavy atom. The van der Waals surface area contributed by atoms with Gasteiger partial charge in [-0.25, -0.2) is 0 Å². The van der Waals surface area contributed by atoms with Crippen LogP contribution in [0.4, 0.5) is 0 Å². The lowest BCUT2D eigenvalue weighted by Gasteiger charge is -2.40. The van der Waals surface area contributed by atoms with E-state index in [0.717, 1.165) is 45.1 Å². The fraction of sp³-hybridized carbons (Fsp3) is 0.696. The number of nitrogens with zero attached hydrogens (tertiary/aromatic N) is 2. The molecule has 0 spiro atoms. The van der Waals surface area contributed by atoms with Crippen molar-refractivity contribution in [2.75, 3.05) is 33.1 Å². The van der Waals surface area contributed by atoms with Gasteiger partial charge in [0.15, 0.2) is 5.96 Å². The maximum Gasteiger partial charge on any atom is 0.191 e. The van der Waals surface area contributed by atoms with Gasteiger partial charge in [-0.3, -0.25) is 9.89 Å². The van der Waals surface area contributed by atoms with Crippen molar-refractivity contribution in [2.45, 2.75) is 67.9 Å². The molecule has 1 aromatic rings. The molecule has 3 aliphatic rings. The van der Waals surface area contributed by atoms with Gasteiger partial charge in [-0.2, -0.15) is 11.8 Å². The summed E-state index contributed by atoms with van der Waals surface area (Å²) in [4.78, 5) is 7.27. The first-order valence-electron chi connectivity index (χ1n) is 11.1. The third-order valence-electron chi connectivity index (χ3n) is 7.07. The second kappa shape index (κ2) is 11.4. The lowest BCUT2D eigenvalue weighted by molar-refractivity contribution is 0.0782. The molecule has 0 amide bonds. The number of hydrogen-bond acceptors (Lipinski definition) is 4. The van der Waals surface area contributed by atoms with Crippen molar-refractivity contribution in [1.29, 1.82) is 0 Å². The van der Waals surface area contributed by atoms with Crippen LogP contribution in [0.25, 0.3) is 0 Å². The molecule has 3 saturated heterocycles. The van der Waals surface area contributed by atoms with Crippen LogP contribution in [0.1, 0.15) is 44.1 Å². The SMILES string of the molecule is CN=C(NCC1(SC)CCOCC1)NC1CC2CCC(C1)N2Cc1ccccc1.I. The molecular weight excluding hydrogens is 507 g/mol. The normalized spacial score (nSPS) is 28.6. The summed E-state index contributed by atoms with van der Waals surface area (Å²) in [5.74, 6) is 0.964. The Kier molecular flexibility index (Phi) is 9.16. The molecular formula is C23H37IN4OS. The van der Waals surface area contributed by atoms with Crippen molar-refractivity contribution in [3.63, 3.8) is 0 Å². The second-order valence-corrected chi connectivity index (χ2v) is 10.1. The highest BCUT2D eigenvalue weighted by Crippen LogP contribution is 2.37. The number of nitrogens with one attached hydrogen (secondary N) is 2. The van der Waals surface area contributed by atoms with Crippen LogP contribution in [0.15, 0.2) is 35.3 Å². The fourth-order valence-electron chi connectivity index (χ4n) is 5.27. The van der Waals surface area contributed by atoms with Crippen LogP contribution in [-0.4, -0.2) is 66.8 Å². The van der Waals surface area contributed by atoms with Gasteiger partial charge < -0.3 is 15.4 Å². The number of benzene rings is 1. The van der Waals surface area contributed by atoms with Crippen LogP contribution in [-0.2, 0) is 11.3 Å². The molecule has 0 radical (unpaired) electrons. The monoisotopic (exact) mass is 544 g/mol. The van der Waals surface area contributed by atoms with Crippen molar-refractivity contribution in [3.05, 3.63) is 35.9 Å². The minimum absolute atomic E-state index is 0. The Hall–Kier alpha value is -0.510. The van der Waals surface area contributed by atoms with Gasteiger partial charge in [0.25, 0.3) is 0 Å². The summed E-state index contributed by atoms with van der Waals surface area (Å²) < 4.78 is 5.84. The molecule has 5 nitrogen and oxygen atoms in total. The minimum Gasteiger partial charge on any atom is -0.381 e. The summed E-state index contributed by atoms with van der Waals surface area (Å²) in [5, 5.41) is 7.37. The molecule has 4 rings (SSSR count). The largest absolute Gasteiger partial charge is 0.381 e. The Bertz CT molecular complexity index is 669. The first-order chi connectivity index (χ1) is 14.2. The maximum atomic E-state index is 5.57. The molecule has 3 heterocycles. The number of aliphatic imine (C=N–C) groups is 1. The van der Waals surface area contributed by atoms with Crippen LogP contribution < -0.4 is 10.6 Å². The summed E-state index contributed by atoms with van der Waals surface area (Å²) in [5.41, 5.74) is 1.44. The highest BCUT2D eigenvalue weighted by atomic mass is 127. The average Bonchev–Trinajstić information content (AvgIpc) is 3.00. The number of piperidine rings is 1. The maximum absolute atomic E-state index is 5.57. The molecule has 7 heteroatoms. The van der Waals surface area contributed by atoms with Crippen LogP contribution in [0.3, 0.4) is 0 Å². The molecule has 0 aliphatic carbocycles. The summed E-state index contributed by atoms with van der Waals surface area (Å²) in [6.45, 7) is 3.79. The number of guanidine groups is 1. The number of ether oxygens (including phenoxy) is 1. The molecule has 3 aliphatic heterocycles. The van der Waals surface area contributed by atoms with E-state index in [-0.39, 0.29) is 28.7 Å². The number of hydrogen-bond donors (Lipinski definition) is 2. The van der Waals surface area contributed by atoms with Crippen LogP contribution >= 0.6 is 35.7 Å². The van der Waals surface area contributed by atoms with E-state index in [1.54, 1.807) is 0 Å². The molecule has 1 aromatic carbocycles. The molecule has 2 atom stereocenters. The molecule has 30 heavy (non-hydrogen) atoms. The zero-order valence-corrected chi connectivity index (χ0v) is 21.5. The fourth-order valence-corrected chi connectivity index (χ4v) is 6.07. The lowest BCUT2D eigenvalue weighted by Crippen LogP contribution is -2.54. The van der Waals surface area contributed by atoms with E-state index < -0.39 is 0 Å². The minimum atomic E-state index is 0. The van der Waals surface area contributed by atoms with Crippen molar-refractivity contribution in [2.24, 2.45) is 4.99 Å². The van der Waals surface area contributed by atoms with E-state index in [4.69, 9.17) is 4.74 Å². The van der Waals surface area contributed by atoms with Gasteiger partial charge in [-0.15, -0.1) is 24.0 Å². The van der Waals surface area contributed by atoms with E-state index in [0.29, 0.717) is 18.1 Å². The van der Waals surface area contributed by atoms with Gasteiger partial charge in [0.2, 0.25) is 0 Å². The van der Waals surface area contributed by atoms with Crippen LogP contribution in [0, 0.1) is 0 Å². The first-order valence-corrected chi connectivity index (χ1v) is 12.3. The molecule has 168 valence electrons. The summed E-state index contributed by atoms with van der Waals surface area (Å²) in [7, 11) is 1.89. The number of fused-ring (bicyclic) bond motifs is 2. The van der Waals surface area contributed by atoms with Crippen LogP contribution in [0.2, 0.25) is 0 Å². The number of rotatable bonds is 6. The van der Waals surface area contributed by atoms with E-state index in [2.05, 4.69) is 57.1 Å². The Morgan fingerprint density at radius 2 is 1.83 bits per heavy atom. The Morgan fingerprint density at radius 1 is 1.17 bits per heavy atom. The highest BCUT2D eigenvalue weighted by molar-refractivity contribution is 14.0. The first kappa shape index (κ1) is 24.1. The average molecular weight is 545 g/mol. The standard InChI is InChI=1S/C23H36N4OS.HI/c1-24-22(25-17-23(29-2)10-12-28-13-11-23)26-19-14-20-8-9-21(15-19)27(20)16-18-6-4-3-5-7-18;/h3-7,19-21H,8-17H2,1-2H3,(H2,24,25,26);1H. The zero-order valence-electron chi connectivity index (χ0n) is 18.3. The quantitative estimate of drug-likeness (QED) is 0.324. The number of halogens is 1. The predicted molar refractivity (Wildman–Crippen MR) is 138 cm³/mol. The van der Waals surface area contributed by atoms with Crippen molar-refractivity contribution in [1.82, 2.24) is 15.5 Å². The van der Waals surface area contributed by atoms with Gasteiger partial charge in [0, 0.05) is 56.2 Å². The van der Waals surface area contributed by atoms with Crippen molar-refractivity contribution >= 4 is 41.7 Å². The Balaban J connectivity index is 0.00000256. The van der Waals surface area contributed by atoms with Crippen molar-refractivity contribution in [3.8, 4) is 0 Å². The molecule has 0 aromatic heterocycles. The lowest BCUT2D eigenvalue weighted by atomic mass is 9.96. The van der Waals surface area contributed by atoms with Gasteiger partial charge in [0.1, 0.15) is 0 Å². The molecule has 3 fully saturated rings. The molecule has 2 N–H and O–H groups in total. The Labute approximate surface area is 203 Å². The van der Waals surface area contributed by atoms with Gasteiger partial charge in [-0.05, 0) is 50.3 Å². The summed E-state index contributed by atoms with van der Waals surface area (Å²) >= 11 is 1.97. The van der Waals surface area contributed by atoms with Crippen LogP contribution in [0.5, 0.6) is 0 Å².